The quantitative estimate of drug-likeness (QED) is 0.0937. The zero-order valence-corrected chi connectivity index (χ0v) is 28.1. The van der Waals surface area contributed by atoms with Crippen molar-refractivity contribution >= 4 is 15.9 Å². The molecule has 0 aliphatic rings. The minimum absolute atomic E-state index is 0. The average Bonchev–Trinajstić information content (AvgIpc) is 3.74. The number of rotatable bonds is 6. The molecule has 4 heterocycles. The Labute approximate surface area is 313 Å². The van der Waals surface area contributed by atoms with E-state index in [4.69, 9.17) is 16.9 Å². The van der Waals surface area contributed by atoms with Gasteiger partial charge in [0, 0.05) is 12.4 Å². The van der Waals surface area contributed by atoms with Crippen LogP contribution in [-0.2, 0) is 0 Å². The van der Waals surface area contributed by atoms with Crippen LogP contribution in [0.4, 0.5) is 26.3 Å². The van der Waals surface area contributed by atoms with Gasteiger partial charge in [-0.1, -0.05) is 31.4 Å². The molecule has 10 nitrogen and oxygen atoms in total. The fourth-order valence-electron chi connectivity index (χ4n) is 3.96. The van der Waals surface area contributed by atoms with E-state index in [9.17, 15) is 26.3 Å². The molecule has 0 radical (unpaired) electrons. The van der Waals surface area contributed by atoms with E-state index in [-0.39, 0.29) is 41.1 Å². The number of nitrogens with zero attached hydrogens (tertiary/aromatic N) is 8. The van der Waals surface area contributed by atoms with Crippen LogP contribution in [0.15, 0.2) is 102 Å². The van der Waals surface area contributed by atoms with Crippen molar-refractivity contribution in [3.05, 3.63) is 142 Å². The van der Waals surface area contributed by atoms with Gasteiger partial charge in [0.05, 0.1) is 47.0 Å². The molecule has 0 spiro atoms. The first-order valence-electron chi connectivity index (χ1n) is 14.4. The maximum atomic E-state index is 13.6. The molecule has 54 heavy (non-hydrogen) atoms. The van der Waals surface area contributed by atoms with Gasteiger partial charge < -0.3 is 9.47 Å². The van der Waals surface area contributed by atoms with Crippen LogP contribution in [0.5, 0.6) is 11.8 Å². The number of hydrogen-bond acceptors (Lipinski definition) is 8. The third kappa shape index (κ3) is 12.3. The van der Waals surface area contributed by atoms with Crippen molar-refractivity contribution < 1.29 is 35.8 Å². The fraction of sp³-hybridized carbons (Fsp3) is 0.0811. The van der Waals surface area contributed by atoms with E-state index in [1.807, 2.05) is 24.3 Å². The Bertz CT molecular complexity index is 2360. The van der Waals surface area contributed by atoms with Gasteiger partial charge in [-0.3, -0.25) is 0 Å². The standard InChI is InChI=1S/C18H9F3N4O.C13H6F3N3O.C5H4BrN.CH4/c19-14-7-12(10-22)8-16(9-14)25-11-13(17(24-25)26-18(20)21)4-5-15-3-1-2-6-23-15;1-2-9-7-19(18-12(9)20-13(15)16)11-4-8(6-17)3-10(14)5-11;6-5-3-1-2-4-7-5;/h1-3,6-9,11,18H;1,3-5,7,13H;1-4H;1H4. The van der Waals surface area contributed by atoms with Crippen LogP contribution < -0.4 is 9.47 Å². The lowest BCUT2D eigenvalue weighted by atomic mass is 10.2. The highest BCUT2D eigenvalue weighted by atomic mass is 79.9. The van der Waals surface area contributed by atoms with Gasteiger partial charge in [-0.05, 0) is 82.5 Å². The van der Waals surface area contributed by atoms with Gasteiger partial charge >= 0.3 is 13.2 Å². The summed E-state index contributed by atoms with van der Waals surface area (Å²) < 4.78 is 88.1. The zero-order chi connectivity index (χ0) is 38.3. The normalized spacial score (nSPS) is 9.74. The highest BCUT2D eigenvalue weighted by Crippen LogP contribution is 2.23. The van der Waals surface area contributed by atoms with E-state index in [0.717, 1.165) is 38.2 Å². The molecule has 0 bridgehead atoms. The van der Waals surface area contributed by atoms with Crippen molar-refractivity contribution in [3.63, 3.8) is 0 Å². The van der Waals surface area contributed by atoms with Gasteiger partial charge in [-0.2, -0.15) is 28.1 Å². The lowest BCUT2D eigenvalue weighted by molar-refractivity contribution is -0.0539. The van der Waals surface area contributed by atoms with Crippen molar-refractivity contribution in [1.29, 1.82) is 10.5 Å². The summed E-state index contributed by atoms with van der Waals surface area (Å²) in [5.41, 5.74) is 0.961. The van der Waals surface area contributed by atoms with E-state index in [1.165, 1.54) is 24.5 Å². The highest BCUT2D eigenvalue weighted by molar-refractivity contribution is 9.10. The van der Waals surface area contributed by atoms with Gasteiger partial charge in [0.2, 0.25) is 0 Å². The van der Waals surface area contributed by atoms with E-state index in [0.29, 0.717) is 5.69 Å². The predicted molar refractivity (Wildman–Crippen MR) is 187 cm³/mol. The smallest absolute Gasteiger partial charge is 0.388 e. The minimum Gasteiger partial charge on any atom is -0.414 e. The van der Waals surface area contributed by atoms with Crippen LogP contribution in [0, 0.1) is 58.5 Å². The zero-order valence-electron chi connectivity index (χ0n) is 26.5. The molecule has 4 aromatic heterocycles. The third-order valence-corrected chi connectivity index (χ3v) is 6.56. The van der Waals surface area contributed by atoms with Gasteiger partial charge in [0.1, 0.15) is 33.1 Å². The van der Waals surface area contributed by atoms with Gasteiger partial charge in [0.25, 0.3) is 11.8 Å². The highest BCUT2D eigenvalue weighted by Gasteiger charge is 2.16. The summed E-state index contributed by atoms with van der Waals surface area (Å²) in [6, 6.07) is 21.3. The molecule has 0 aliphatic heterocycles. The summed E-state index contributed by atoms with van der Waals surface area (Å²) in [5, 5.41) is 25.2. The Balaban J connectivity index is 0.000000247. The Kier molecular flexibility index (Phi) is 15.4. The van der Waals surface area contributed by atoms with E-state index < -0.39 is 36.6 Å². The molecule has 0 atom stereocenters. The van der Waals surface area contributed by atoms with Crippen molar-refractivity contribution in [1.82, 2.24) is 29.5 Å². The monoisotopic (exact) mass is 804 g/mol. The topological polar surface area (TPSA) is 127 Å². The van der Waals surface area contributed by atoms with Crippen molar-refractivity contribution in [2.24, 2.45) is 0 Å². The summed E-state index contributed by atoms with van der Waals surface area (Å²) >= 11 is 3.20. The molecule has 2 aromatic carbocycles. The molecule has 0 unspecified atom stereocenters. The summed E-state index contributed by atoms with van der Waals surface area (Å²) in [6.45, 7) is -6.18. The second-order valence-corrected chi connectivity index (χ2v) is 10.5. The van der Waals surface area contributed by atoms with E-state index >= 15 is 0 Å². The lowest BCUT2D eigenvalue weighted by Gasteiger charge is -2.02. The van der Waals surface area contributed by atoms with Crippen molar-refractivity contribution in [2.45, 2.75) is 20.6 Å². The number of hydrogen-bond donors (Lipinski definition) is 0. The molecular weight excluding hydrogens is 782 g/mol. The Morgan fingerprint density at radius 2 is 1.19 bits per heavy atom. The Morgan fingerprint density at radius 3 is 1.59 bits per heavy atom. The summed E-state index contributed by atoms with van der Waals surface area (Å²) in [4.78, 5) is 7.90. The lowest BCUT2D eigenvalue weighted by Crippen LogP contribution is -2.04. The molecule has 0 aliphatic carbocycles. The molecule has 0 N–H and O–H groups in total. The Morgan fingerprint density at radius 1 is 0.685 bits per heavy atom. The first kappa shape index (κ1) is 41.3. The van der Waals surface area contributed by atoms with Crippen LogP contribution in [0.25, 0.3) is 11.4 Å². The Hall–Kier alpha value is -7.08. The molecule has 272 valence electrons. The summed E-state index contributed by atoms with van der Waals surface area (Å²) in [5.74, 6) is 5.33. The van der Waals surface area contributed by atoms with Gasteiger partial charge in [-0.15, -0.1) is 16.6 Å². The number of aromatic nitrogens is 6. The number of nitriles is 2. The molecular formula is C37H23BrF6N8O2. The fourth-order valence-corrected chi connectivity index (χ4v) is 4.23. The van der Waals surface area contributed by atoms with Crippen molar-refractivity contribution in [3.8, 4) is 59.5 Å². The molecule has 0 saturated carbocycles. The largest absolute Gasteiger partial charge is 0.414 e. The van der Waals surface area contributed by atoms with E-state index in [2.05, 4.69) is 63.3 Å². The summed E-state index contributed by atoms with van der Waals surface area (Å²) in [7, 11) is 0. The second kappa shape index (κ2) is 20.1. The molecule has 0 amide bonds. The number of halogens is 7. The molecule has 0 saturated heterocycles. The van der Waals surface area contributed by atoms with Crippen LogP contribution in [0.1, 0.15) is 35.4 Å². The predicted octanol–water partition coefficient (Wildman–Crippen LogP) is 8.23. The maximum Gasteiger partial charge on any atom is 0.388 e. The minimum atomic E-state index is -3.10. The van der Waals surface area contributed by atoms with Crippen molar-refractivity contribution in [2.75, 3.05) is 0 Å². The van der Waals surface area contributed by atoms with Crippen LogP contribution >= 0.6 is 15.9 Å². The van der Waals surface area contributed by atoms with Gasteiger partial charge in [0.15, 0.2) is 0 Å². The number of pyridine rings is 2. The molecule has 6 rings (SSSR count). The number of terminal acetylenes is 1. The van der Waals surface area contributed by atoms with Crippen LogP contribution in [0.3, 0.4) is 0 Å². The van der Waals surface area contributed by atoms with Gasteiger partial charge in [-0.25, -0.2) is 28.1 Å². The number of ether oxygens (including phenoxy) is 2. The first-order chi connectivity index (χ1) is 25.5. The number of alkyl halides is 4. The van der Waals surface area contributed by atoms with E-state index in [1.54, 1.807) is 36.7 Å². The molecule has 0 fully saturated rings. The molecule has 6 aromatic rings. The third-order valence-electron chi connectivity index (χ3n) is 6.09. The average molecular weight is 806 g/mol. The molecule has 17 heteroatoms. The first-order valence-corrected chi connectivity index (χ1v) is 15.2. The SMILES string of the molecule is Brc1ccccn1.C.C#Cc1cn(-c2cc(F)cc(C#N)c2)nc1OC(F)F.N#Cc1cc(F)cc(-n2cc(C#Cc3ccccn3)c(OC(F)F)n2)c1. The second-order valence-electron chi connectivity index (χ2n) is 9.72. The number of benzene rings is 2. The van der Waals surface area contributed by atoms with Crippen LogP contribution in [0.2, 0.25) is 0 Å². The summed E-state index contributed by atoms with van der Waals surface area (Å²) in [6.07, 6.45) is 11.0. The maximum absolute atomic E-state index is 13.6. The van der Waals surface area contributed by atoms with Crippen LogP contribution in [-0.4, -0.2) is 42.8 Å².